The number of hydrogen-bond donors (Lipinski definition) is 1. The normalized spacial score (nSPS) is 20.1. The number of carbonyl (C=O) groups is 1. The molecule has 0 spiro atoms. The Kier molecular flexibility index (Phi) is 6.95. The molecular formula is C20H31N3O4S. The standard InChI is InChI=1S/C20H31N3O4S/c1-16-8-12-22(13-9-16)15-20(24)21-17-6-7-18(27-2)19(14-17)28(25,26)23-10-4-3-5-11-23/h6-7,14,16H,3-5,8-13,15H2,1-2H3,(H,21,24). The zero-order valence-electron chi connectivity index (χ0n) is 16.8. The van der Waals surface area contributed by atoms with E-state index in [1.807, 2.05) is 0 Å². The molecule has 0 unspecified atom stereocenters. The largest absolute Gasteiger partial charge is 0.495 e. The third kappa shape index (κ3) is 5.04. The van der Waals surface area contributed by atoms with Crippen LogP contribution in [0.4, 0.5) is 5.69 Å². The first-order valence-corrected chi connectivity index (χ1v) is 11.5. The van der Waals surface area contributed by atoms with Crippen LogP contribution in [0.5, 0.6) is 5.75 Å². The van der Waals surface area contributed by atoms with Gasteiger partial charge < -0.3 is 10.1 Å². The number of ether oxygens (including phenoxy) is 1. The Morgan fingerprint density at radius 2 is 1.82 bits per heavy atom. The first-order valence-electron chi connectivity index (χ1n) is 10.1. The van der Waals surface area contributed by atoms with Crippen LogP contribution in [0, 0.1) is 5.92 Å². The van der Waals surface area contributed by atoms with Crippen molar-refractivity contribution in [1.82, 2.24) is 9.21 Å². The summed E-state index contributed by atoms with van der Waals surface area (Å²) in [6.07, 6.45) is 5.00. The molecule has 0 atom stereocenters. The Balaban J connectivity index is 1.72. The van der Waals surface area contributed by atoms with E-state index in [1.54, 1.807) is 12.1 Å². The van der Waals surface area contributed by atoms with E-state index >= 15 is 0 Å². The summed E-state index contributed by atoms with van der Waals surface area (Å²) in [6, 6.07) is 4.80. The number of nitrogens with one attached hydrogen (secondary N) is 1. The maximum Gasteiger partial charge on any atom is 0.246 e. The van der Waals surface area contributed by atoms with E-state index in [4.69, 9.17) is 4.74 Å². The van der Waals surface area contributed by atoms with Crippen molar-refractivity contribution in [2.45, 2.75) is 43.9 Å². The minimum Gasteiger partial charge on any atom is -0.495 e. The number of hydrogen-bond acceptors (Lipinski definition) is 5. The Morgan fingerprint density at radius 1 is 1.14 bits per heavy atom. The van der Waals surface area contributed by atoms with Gasteiger partial charge in [-0.1, -0.05) is 13.3 Å². The summed E-state index contributed by atoms with van der Waals surface area (Å²) >= 11 is 0. The summed E-state index contributed by atoms with van der Waals surface area (Å²) in [5.74, 6) is 0.887. The summed E-state index contributed by atoms with van der Waals surface area (Å²) in [5.41, 5.74) is 0.478. The molecule has 0 radical (unpaired) electrons. The van der Waals surface area contributed by atoms with Gasteiger partial charge in [-0.05, 0) is 62.9 Å². The van der Waals surface area contributed by atoms with E-state index in [0.717, 1.165) is 45.2 Å². The lowest BCUT2D eigenvalue weighted by Crippen LogP contribution is -2.38. The Hall–Kier alpha value is -1.64. The molecule has 1 aromatic carbocycles. The highest BCUT2D eigenvalue weighted by atomic mass is 32.2. The molecule has 3 rings (SSSR count). The van der Waals surface area contributed by atoms with Gasteiger partial charge >= 0.3 is 0 Å². The van der Waals surface area contributed by atoms with Crippen molar-refractivity contribution in [3.8, 4) is 5.75 Å². The highest BCUT2D eigenvalue weighted by Gasteiger charge is 2.29. The maximum atomic E-state index is 13.1. The first kappa shape index (κ1) is 21.1. The van der Waals surface area contributed by atoms with Crippen LogP contribution in [0.15, 0.2) is 23.1 Å². The fourth-order valence-electron chi connectivity index (χ4n) is 3.82. The molecule has 0 saturated carbocycles. The quantitative estimate of drug-likeness (QED) is 0.781. The number of likely N-dealkylation sites (tertiary alicyclic amines) is 1. The number of carbonyl (C=O) groups excluding carboxylic acids is 1. The molecule has 156 valence electrons. The number of nitrogens with zero attached hydrogens (tertiary/aromatic N) is 2. The summed E-state index contributed by atoms with van der Waals surface area (Å²) in [4.78, 5) is 14.7. The van der Waals surface area contributed by atoms with Crippen molar-refractivity contribution in [2.24, 2.45) is 5.92 Å². The van der Waals surface area contributed by atoms with Crippen LogP contribution in [0.2, 0.25) is 0 Å². The maximum absolute atomic E-state index is 13.1. The zero-order valence-corrected chi connectivity index (χ0v) is 17.6. The molecule has 0 aliphatic carbocycles. The number of anilines is 1. The molecule has 8 heteroatoms. The molecule has 2 aliphatic heterocycles. The Morgan fingerprint density at radius 3 is 2.46 bits per heavy atom. The molecule has 2 saturated heterocycles. The van der Waals surface area contributed by atoms with E-state index in [1.165, 1.54) is 17.5 Å². The van der Waals surface area contributed by atoms with Crippen molar-refractivity contribution in [3.63, 3.8) is 0 Å². The molecule has 0 bridgehead atoms. The number of amides is 1. The van der Waals surface area contributed by atoms with Gasteiger partial charge in [-0.3, -0.25) is 9.69 Å². The number of rotatable bonds is 6. The minimum atomic E-state index is -3.65. The number of sulfonamides is 1. The van der Waals surface area contributed by atoms with Crippen molar-refractivity contribution in [2.75, 3.05) is 45.2 Å². The second-order valence-electron chi connectivity index (χ2n) is 7.84. The highest BCUT2D eigenvalue weighted by Crippen LogP contribution is 2.31. The van der Waals surface area contributed by atoms with Crippen molar-refractivity contribution >= 4 is 21.6 Å². The van der Waals surface area contributed by atoms with E-state index < -0.39 is 10.0 Å². The highest BCUT2D eigenvalue weighted by molar-refractivity contribution is 7.89. The minimum absolute atomic E-state index is 0.112. The first-order chi connectivity index (χ1) is 13.4. The van der Waals surface area contributed by atoms with Crippen LogP contribution in [-0.4, -0.2) is 63.4 Å². The molecule has 2 heterocycles. The molecular weight excluding hydrogens is 378 g/mol. The summed E-state index contributed by atoms with van der Waals surface area (Å²) in [6.45, 7) is 5.45. The molecule has 1 aromatic rings. The van der Waals surface area contributed by atoms with Crippen LogP contribution < -0.4 is 10.1 Å². The van der Waals surface area contributed by atoms with Gasteiger partial charge in [0.25, 0.3) is 0 Å². The van der Waals surface area contributed by atoms with Gasteiger partial charge in [0.2, 0.25) is 15.9 Å². The van der Waals surface area contributed by atoms with Crippen LogP contribution in [0.1, 0.15) is 39.0 Å². The zero-order chi connectivity index (χ0) is 20.1. The molecule has 1 amide bonds. The van der Waals surface area contributed by atoms with Crippen LogP contribution in [0.25, 0.3) is 0 Å². The van der Waals surface area contributed by atoms with E-state index in [-0.39, 0.29) is 10.8 Å². The van der Waals surface area contributed by atoms with E-state index in [0.29, 0.717) is 37.0 Å². The lowest BCUT2D eigenvalue weighted by molar-refractivity contribution is -0.117. The van der Waals surface area contributed by atoms with Gasteiger partial charge in [-0.15, -0.1) is 0 Å². The second-order valence-corrected chi connectivity index (χ2v) is 9.74. The van der Waals surface area contributed by atoms with E-state index in [2.05, 4.69) is 17.1 Å². The van der Waals surface area contributed by atoms with E-state index in [9.17, 15) is 13.2 Å². The molecule has 0 aromatic heterocycles. The van der Waals surface area contributed by atoms with Crippen LogP contribution in [0.3, 0.4) is 0 Å². The SMILES string of the molecule is COc1ccc(NC(=O)CN2CCC(C)CC2)cc1S(=O)(=O)N1CCCCC1. The summed E-state index contributed by atoms with van der Waals surface area (Å²) < 4.78 is 33.0. The second kappa shape index (κ2) is 9.24. The van der Waals surface area contributed by atoms with Crippen molar-refractivity contribution in [3.05, 3.63) is 18.2 Å². The van der Waals surface area contributed by atoms with Crippen LogP contribution in [-0.2, 0) is 14.8 Å². The fraction of sp³-hybridized carbons (Fsp3) is 0.650. The smallest absolute Gasteiger partial charge is 0.246 e. The van der Waals surface area contributed by atoms with Crippen molar-refractivity contribution in [1.29, 1.82) is 0 Å². The lowest BCUT2D eigenvalue weighted by atomic mass is 9.99. The lowest BCUT2D eigenvalue weighted by Gasteiger charge is -2.29. The Labute approximate surface area is 168 Å². The molecule has 1 N–H and O–H groups in total. The predicted molar refractivity (Wildman–Crippen MR) is 109 cm³/mol. The summed E-state index contributed by atoms with van der Waals surface area (Å²) in [7, 11) is -2.19. The topological polar surface area (TPSA) is 79.0 Å². The van der Waals surface area contributed by atoms with Gasteiger partial charge in [0.05, 0.1) is 13.7 Å². The van der Waals surface area contributed by atoms with Gasteiger partial charge in [0, 0.05) is 18.8 Å². The van der Waals surface area contributed by atoms with Crippen molar-refractivity contribution < 1.29 is 17.9 Å². The molecule has 7 nitrogen and oxygen atoms in total. The van der Waals surface area contributed by atoms with Gasteiger partial charge in [-0.2, -0.15) is 4.31 Å². The van der Waals surface area contributed by atoms with Gasteiger partial charge in [0.15, 0.2) is 0 Å². The van der Waals surface area contributed by atoms with Gasteiger partial charge in [-0.25, -0.2) is 8.42 Å². The number of methoxy groups -OCH3 is 1. The Bertz CT molecular complexity index is 783. The van der Waals surface area contributed by atoms with Gasteiger partial charge in [0.1, 0.15) is 10.6 Å². The number of benzene rings is 1. The van der Waals surface area contributed by atoms with Crippen LogP contribution >= 0.6 is 0 Å². The molecule has 28 heavy (non-hydrogen) atoms. The third-order valence-electron chi connectivity index (χ3n) is 5.62. The average molecular weight is 410 g/mol. The molecule has 2 aliphatic rings. The predicted octanol–water partition coefficient (Wildman–Crippen LogP) is 2.54. The third-order valence-corrected chi connectivity index (χ3v) is 7.54. The number of piperidine rings is 2. The molecule has 2 fully saturated rings. The fourth-order valence-corrected chi connectivity index (χ4v) is 5.52. The monoisotopic (exact) mass is 409 g/mol. The summed E-state index contributed by atoms with van der Waals surface area (Å²) in [5, 5.41) is 2.85. The average Bonchev–Trinajstić information content (AvgIpc) is 2.70.